The molecule has 2 aromatic carbocycles. The van der Waals surface area contributed by atoms with Gasteiger partial charge in [-0.05, 0) is 76.3 Å². The quantitative estimate of drug-likeness (QED) is 0.722. The van der Waals surface area contributed by atoms with E-state index in [0.29, 0.717) is 23.7 Å². The molecule has 1 aliphatic carbocycles. The second-order valence-electron chi connectivity index (χ2n) is 8.90. The average molecular weight is 394 g/mol. The smallest absolute Gasteiger partial charge is 0.322 e. The van der Waals surface area contributed by atoms with E-state index in [1.165, 1.54) is 12.8 Å². The summed E-state index contributed by atoms with van der Waals surface area (Å²) in [7, 11) is 0. The van der Waals surface area contributed by atoms with Crippen molar-refractivity contribution in [1.82, 2.24) is 10.2 Å². The fourth-order valence-corrected chi connectivity index (χ4v) is 3.33. The molecule has 0 saturated heterocycles. The largest absolute Gasteiger partial charge is 0.347 e. The van der Waals surface area contributed by atoms with Gasteiger partial charge in [0.1, 0.15) is 0 Å². The molecule has 1 fully saturated rings. The van der Waals surface area contributed by atoms with Crippen molar-refractivity contribution in [2.45, 2.75) is 58.7 Å². The molecule has 2 N–H and O–H groups in total. The van der Waals surface area contributed by atoms with Gasteiger partial charge in [-0.3, -0.25) is 4.79 Å². The van der Waals surface area contributed by atoms with E-state index in [-0.39, 0.29) is 23.5 Å². The fourth-order valence-electron chi connectivity index (χ4n) is 3.33. The van der Waals surface area contributed by atoms with E-state index >= 15 is 0 Å². The zero-order valence-corrected chi connectivity index (χ0v) is 17.7. The molecular formula is C24H31N3O2. The summed E-state index contributed by atoms with van der Waals surface area (Å²) in [6.07, 6.45) is 2.36. The van der Waals surface area contributed by atoms with Crippen molar-refractivity contribution in [3.8, 4) is 0 Å². The maximum absolute atomic E-state index is 13.0. The topological polar surface area (TPSA) is 61.4 Å². The number of nitrogens with zero attached hydrogens (tertiary/aromatic N) is 1. The molecule has 3 rings (SSSR count). The molecule has 0 bridgehead atoms. The van der Waals surface area contributed by atoms with Crippen LogP contribution in [0, 0.1) is 5.92 Å². The third kappa shape index (κ3) is 6.08. The first kappa shape index (κ1) is 20.9. The minimum atomic E-state index is -0.291. The highest BCUT2D eigenvalue weighted by atomic mass is 16.2. The molecule has 1 aliphatic rings. The highest BCUT2D eigenvalue weighted by molar-refractivity contribution is 5.96. The van der Waals surface area contributed by atoms with Crippen molar-refractivity contribution in [2.75, 3.05) is 5.32 Å². The minimum Gasteiger partial charge on any atom is -0.347 e. The highest BCUT2D eigenvalue weighted by Crippen LogP contribution is 2.36. The highest BCUT2D eigenvalue weighted by Gasteiger charge is 2.34. The van der Waals surface area contributed by atoms with Gasteiger partial charge in [-0.1, -0.05) is 30.3 Å². The molecule has 5 heteroatoms. The first-order valence-corrected chi connectivity index (χ1v) is 10.3. The molecule has 3 amide bonds. The Morgan fingerprint density at radius 3 is 2.21 bits per heavy atom. The Bertz CT molecular complexity index is 837. The Hall–Kier alpha value is -2.82. The van der Waals surface area contributed by atoms with Crippen LogP contribution in [0.15, 0.2) is 54.6 Å². The van der Waals surface area contributed by atoms with E-state index in [1.54, 1.807) is 24.3 Å². The van der Waals surface area contributed by atoms with E-state index in [4.69, 9.17) is 0 Å². The summed E-state index contributed by atoms with van der Waals surface area (Å²) in [5, 5.41) is 5.94. The van der Waals surface area contributed by atoms with Crippen LogP contribution in [0.5, 0.6) is 0 Å². The second-order valence-corrected chi connectivity index (χ2v) is 8.90. The molecular weight excluding hydrogens is 362 g/mol. The van der Waals surface area contributed by atoms with E-state index < -0.39 is 0 Å². The van der Waals surface area contributed by atoms with E-state index in [1.807, 2.05) is 56.0 Å². The lowest BCUT2D eigenvalue weighted by atomic mass is 10.1. The molecule has 29 heavy (non-hydrogen) atoms. The summed E-state index contributed by atoms with van der Waals surface area (Å²) < 4.78 is 0. The summed E-state index contributed by atoms with van der Waals surface area (Å²) in [5.74, 6) is 0.455. The first-order chi connectivity index (χ1) is 13.7. The molecule has 1 unspecified atom stereocenters. The SMILES string of the molecule is CC(C1CC1)N(Cc1ccccc1)C(=O)Nc1ccc(C(=O)NC(C)(C)C)cc1. The normalized spacial score (nSPS) is 14.8. The van der Waals surface area contributed by atoms with Gasteiger partial charge in [0.05, 0.1) is 0 Å². The monoisotopic (exact) mass is 393 g/mol. The van der Waals surface area contributed by atoms with Crippen molar-refractivity contribution in [1.29, 1.82) is 0 Å². The molecule has 154 valence electrons. The molecule has 0 heterocycles. The number of nitrogens with one attached hydrogen (secondary N) is 2. The standard InChI is InChI=1S/C24H31N3O2/c1-17(19-10-11-19)27(16-18-8-6-5-7-9-18)23(29)25-21-14-12-20(13-15-21)22(28)26-24(2,3)4/h5-9,12-15,17,19H,10-11,16H2,1-4H3,(H,25,29)(H,26,28). The molecule has 0 radical (unpaired) electrons. The number of anilines is 1. The lowest BCUT2D eigenvalue weighted by molar-refractivity contribution is 0.0919. The fraction of sp³-hybridized carbons (Fsp3) is 0.417. The number of hydrogen-bond donors (Lipinski definition) is 2. The maximum atomic E-state index is 13.0. The van der Waals surface area contributed by atoms with E-state index in [2.05, 4.69) is 17.6 Å². The number of amides is 3. The predicted molar refractivity (Wildman–Crippen MR) is 117 cm³/mol. The van der Waals surface area contributed by atoms with Gasteiger partial charge >= 0.3 is 6.03 Å². The molecule has 0 aromatic heterocycles. The zero-order chi connectivity index (χ0) is 21.0. The maximum Gasteiger partial charge on any atom is 0.322 e. The van der Waals surface area contributed by atoms with Gasteiger partial charge in [0.2, 0.25) is 0 Å². The van der Waals surface area contributed by atoms with Crippen LogP contribution in [-0.4, -0.2) is 28.4 Å². The van der Waals surface area contributed by atoms with Crippen LogP contribution in [0.3, 0.4) is 0 Å². The molecule has 2 aromatic rings. The van der Waals surface area contributed by atoms with Gasteiger partial charge in [0.15, 0.2) is 0 Å². The van der Waals surface area contributed by atoms with Gasteiger partial charge in [-0.2, -0.15) is 0 Å². The summed E-state index contributed by atoms with van der Waals surface area (Å²) in [5.41, 5.74) is 2.08. The molecule has 0 spiro atoms. The first-order valence-electron chi connectivity index (χ1n) is 10.3. The van der Waals surface area contributed by atoms with Gasteiger partial charge in [-0.15, -0.1) is 0 Å². The minimum absolute atomic E-state index is 0.111. The van der Waals surface area contributed by atoms with Crippen molar-refractivity contribution in [3.63, 3.8) is 0 Å². The number of benzene rings is 2. The number of carbonyl (C=O) groups excluding carboxylic acids is 2. The molecule has 0 aliphatic heterocycles. The third-order valence-electron chi connectivity index (χ3n) is 5.14. The predicted octanol–water partition coefficient (Wildman–Crippen LogP) is 5.05. The third-order valence-corrected chi connectivity index (χ3v) is 5.14. The van der Waals surface area contributed by atoms with Crippen molar-refractivity contribution < 1.29 is 9.59 Å². The average Bonchev–Trinajstić information content (AvgIpc) is 3.51. The van der Waals surface area contributed by atoms with Crippen LogP contribution >= 0.6 is 0 Å². The number of urea groups is 1. The number of carbonyl (C=O) groups is 2. The summed E-state index contributed by atoms with van der Waals surface area (Å²) in [6.45, 7) is 8.54. The Morgan fingerprint density at radius 2 is 1.66 bits per heavy atom. The lowest BCUT2D eigenvalue weighted by Gasteiger charge is -2.30. The molecule has 5 nitrogen and oxygen atoms in total. The number of rotatable bonds is 6. The van der Waals surface area contributed by atoms with Gasteiger partial charge in [0, 0.05) is 29.4 Å². The molecule has 1 saturated carbocycles. The Labute approximate surface area is 173 Å². The van der Waals surface area contributed by atoms with E-state index in [0.717, 1.165) is 5.56 Å². The van der Waals surface area contributed by atoms with Crippen LogP contribution in [0.25, 0.3) is 0 Å². The van der Waals surface area contributed by atoms with Crippen molar-refractivity contribution in [3.05, 3.63) is 65.7 Å². The second kappa shape index (κ2) is 8.68. The summed E-state index contributed by atoms with van der Waals surface area (Å²) in [4.78, 5) is 27.2. The van der Waals surface area contributed by atoms with Gasteiger partial charge in [0.25, 0.3) is 5.91 Å². The Balaban J connectivity index is 1.68. The summed E-state index contributed by atoms with van der Waals surface area (Å²) >= 11 is 0. The van der Waals surface area contributed by atoms with Crippen molar-refractivity contribution >= 4 is 17.6 Å². The summed E-state index contributed by atoms with van der Waals surface area (Å²) in [6, 6.07) is 17.2. The van der Waals surface area contributed by atoms with Gasteiger partial charge < -0.3 is 15.5 Å². The Kier molecular flexibility index (Phi) is 6.26. The lowest BCUT2D eigenvalue weighted by Crippen LogP contribution is -2.42. The van der Waals surface area contributed by atoms with Crippen LogP contribution in [0.1, 0.15) is 56.5 Å². The van der Waals surface area contributed by atoms with Gasteiger partial charge in [-0.25, -0.2) is 4.79 Å². The molecule has 1 atom stereocenters. The van der Waals surface area contributed by atoms with Crippen LogP contribution in [-0.2, 0) is 6.54 Å². The number of hydrogen-bond acceptors (Lipinski definition) is 2. The zero-order valence-electron chi connectivity index (χ0n) is 17.7. The van der Waals surface area contributed by atoms with Crippen molar-refractivity contribution in [2.24, 2.45) is 5.92 Å². The van der Waals surface area contributed by atoms with Crippen LogP contribution in [0.4, 0.5) is 10.5 Å². The Morgan fingerprint density at radius 1 is 1.03 bits per heavy atom. The van der Waals surface area contributed by atoms with E-state index in [9.17, 15) is 9.59 Å². The van der Waals surface area contributed by atoms with Crippen LogP contribution < -0.4 is 10.6 Å². The van der Waals surface area contributed by atoms with Crippen LogP contribution in [0.2, 0.25) is 0 Å².